The number of anilines is 1. The maximum Gasteiger partial charge on any atom is 0.279 e. The third-order valence-electron chi connectivity index (χ3n) is 3.80. The molecule has 1 N–H and O–H groups in total. The van der Waals surface area contributed by atoms with Gasteiger partial charge in [0.15, 0.2) is 11.5 Å². The highest BCUT2D eigenvalue weighted by atomic mass is 19.1. The highest BCUT2D eigenvalue weighted by molar-refractivity contribution is 5.92. The van der Waals surface area contributed by atoms with Gasteiger partial charge in [0.05, 0.1) is 25.8 Å². The standard InChI is InChI=1S/C18H15F2N3O4/c1-26-14-4-3-10-8-21-23(18(25)16(10)17(14)27-2)9-15(24)22-13-6-11(19)5-12(20)7-13/h3-8H,9H2,1-2H3,(H,22,24). The Kier molecular flexibility index (Phi) is 5.02. The van der Waals surface area contributed by atoms with Gasteiger partial charge in [0, 0.05) is 17.1 Å². The molecule has 0 aliphatic rings. The van der Waals surface area contributed by atoms with Crippen molar-refractivity contribution in [3.63, 3.8) is 0 Å². The number of carbonyl (C=O) groups excluding carboxylic acids is 1. The van der Waals surface area contributed by atoms with Gasteiger partial charge in [-0.25, -0.2) is 13.5 Å². The molecule has 2 aromatic carbocycles. The van der Waals surface area contributed by atoms with Crippen LogP contribution >= 0.6 is 0 Å². The molecule has 0 fully saturated rings. The topological polar surface area (TPSA) is 82.5 Å². The Morgan fingerprint density at radius 2 is 1.85 bits per heavy atom. The summed E-state index contributed by atoms with van der Waals surface area (Å²) in [6.07, 6.45) is 1.41. The lowest BCUT2D eigenvalue weighted by molar-refractivity contribution is -0.117. The van der Waals surface area contributed by atoms with Crippen LogP contribution in [-0.4, -0.2) is 29.9 Å². The summed E-state index contributed by atoms with van der Waals surface area (Å²) in [6, 6.07) is 5.89. The number of hydrogen-bond acceptors (Lipinski definition) is 5. The molecule has 0 atom stereocenters. The van der Waals surface area contributed by atoms with E-state index in [-0.39, 0.29) is 16.8 Å². The lowest BCUT2D eigenvalue weighted by Gasteiger charge is -2.12. The molecule has 0 unspecified atom stereocenters. The van der Waals surface area contributed by atoms with E-state index in [1.807, 2.05) is 0 Å². The first-order chi connectivity index (χ1) is 12.9. The van der Waals surface area contributed by atoms with Gasteiger partial charge in [0.25, 0.3) is 5.56 Å². The van der Waals surface area contributed by atoms with Crippen molar-refractivity contribution in [3.05, 3.63) is 58.5 Å². The smallest absolute Gasteiger partial charge is 0.279 e. The summed E-state index contributed by atoms with van der Waals surface area (Å²) in [4.78, 5) is 24.9. The molecule has 0 saturated heterocycles. The summed E-state index contributed by atoms with van der Waals surface area (Å²) in [5, 5.41) is 7.00. The summed E-state index contributed by atoms with van der Waals surface area (Å²) in [5.41, 5.74) is -0.630. The number of halogens is 2. The number of benzene rings is 2. The largest absolute Gasteiger partial charge is 0.493 e. The number of nitrogens with one attached hydrogen (secondary N) is 1. The average Bonchev–Trinajstić information content (AvgIpc) is 2.62. The summed E-state index contributed by atoms with van der Waals surface area (Å²) < 4.78 is 37.8. The fourth-order valence-corrected chi connectivity index (χ4v) is 2.66. The minimum Gasteiger partial charge on any atom is -0.493 e. The maximum absolute atomic E-state index is 13.2. The molecule has 7 nitrogen and oxygen atoms in total. The van der Waals surface area contributed by atoms with Crippen LogP contribution < -0.4 is 20.3 Å². The number of amides is 1. The molecule has 9 heteroatoms. The van der Waals surface area contributed by atoms with Gasteiger partial charge in [-0.3, -0.25) is 9.59 Å². The van der Waals surface area contributed by atoms with E-state index in [1.54, 1.807) is 12.1 Å². The quantitative estimate of drug-likeness (QED) is 0.740. The van der Waals surface area contributed by atoms with Crippen LogP contribution in [0.25, 0.3) is 10.8 Å². The molecule has 0 bridgehead atoms. The van der Waals surface area contributed by atoms with E-state index in [2.05, 4.69) is 10.4 Å². The van der Waals surface area contributed by atoms with Crippen molar-refractivity contribution in [3.8, 4) is 11.5 Å². The van der Waals surface area contributed by atoms with Gasteiger partial charge in [-0.15, -0.1) is 0 Å². The van der Waals surface area contributed by atoms with E-state index in [0.717, 1.165) is 16.8 Å². The minimum absolute atomic E-state index is 0.0643. The first kappa shape index (κ1) is 18.3. The third-order valence-corrected chi connectivity index (χ3v) is 3.80. The second kappa shape index (κ2) is 7.40. The maximum atomic E-state index is 13.2. The lowest BCUT2D eigenvalue weighted by Crippen LogP contribution is -2.29. The number of aromatic nitrogens is 2. The zero-order valence-corrected chi connectivity index (χ0v) is 14.5. The van der Waals surface area contributed by atoms with E-state index in [9.17, 15) is 18.4 Å². The van der Waals surface area contributed by atoms with Crippen molar-refractivity contribution < 1.29 is 23.0 Å². The fourth-order valence-electron chi connectivity index (χ4n) is 2.66. The molecule has 3 aromatic rings. The predicted octanol–water partition coefficient (Wildman–Crippen LogP) is 2.33. The number of rotatable bonds is 5. The summed E-state index contributed by atoms with van der Waals surface area (Å²) in [5.74, 6) is -1.75. The molecule has 0 aliphatic carbocycles. The van der Waals surface area contributed by atoms with Crippen LogP contribution in [0.4, 0.5) is 14.5 Å². The van der Waals surface area contributed by atoms with Gasteiger partial charge in [-0.1, -0.05) is 0 Å². The molecule has 1 amide bonds. The monoisotopic (exact) mass is 375 g/mol. The van der Waals surface area contributed by atoms with Crippen molar-refractivity contribution >= 4 is 22.4 Å². The van der Waals surface area contributed by atoms with Crippen LogP contribution in [-0.2, 0) is 11.3 Å². The van der Waals surface area contributed by atoms with Crippen LogP contribution in [0.5, 0.6) is 11.5 Å². The van der Waals surface area contributed by atoms with E-state index in [0.29, 0.717) is 17.2 Å². The molecular formula is C18H15F2N3O4. The van der Waals surface area contributed by atoms with Crippen LogP contribution in [0.2, 0.25) is 0 Å². The van der Waals surface area contributed by atoms with Gasteiger partial charge < -0.3 is 14.8 Å². The molecule has 1 heterocycles. The summed E-state index contributed by atoms with van der Waals surface area (Å²) in [7, 11) is 2.84. The van der Waals surface area contributed by atoms with Crippen molar-refractivity contribution in [2.45, 2.75) is 6.54 Å². The first-order valence-corrected chi connectivity index (χ1v) is 7.79. The Bertz CT molecular complexity index is 1060. The molecule has 3 rings (SSSR count). The number of carbonyl (C=O) groups is 1. The van der Waals surface area contributed by atoms with Crippen LogP contribution in [0.3, 0.4) is 0 Å². The Labute approximate surface area is 152 Å². The van der Waals surface area contributed by atoms with Gasteiger partial charge in [-0.05, 0) is 24.3 Å². The second-order valence-electron chi connectivity index (χ2n) is 5.58. The SMILES string of the molecule is COc1ccc2cnn(CC(=O)Nc3cc(F)cc(F)c3)c(=O)c2c1OC. The Morgan fingerprint density at radius 1 is 1.15 bits per heavy atom. The number of ether oxygens (including phenoxy) is 2. The van der Waals surface area contributed by atoms with Gasteiger partial charge in [0.1, 0.15) is 18.2 Å². The summed E-state index contributed by atoms with van der Waals surface area (Å²) in [6.45, 7) is -0.451. The van der Waals surface area contributed by atoms with Crippen molar-refractivity contribution in [2.75, 3.05) is 19.5 Å². The fraction of sp³-hybridized carbons (Fsp3) is 0.167. The van der Waals surface area contributed by atoms with Crippen molar-refractivity contribution in [1.82, 2.24) is 9.78 Å². The van der Waals surface area contributed by atoms with Gasteiger partial charge in [-0.2, -0.15) is 5.10 Å². The third kappa shape index (κ3) is 3.71. The number of hydrogen-bond donors (Lipinski definition) is 1. The van der Waals surface area contributed by atoms with Gasteiger partial charge in [0.2, 0.25) is 5.91 Å². The molecule has 0 spiro atoms. The van der Waals surface area contributed by atoms with E-state index >= 15 is 0 Å². The highest BCUT2D eigenvalue weighted by Gasteiger charge is 2.16. The molecule has 0 aliphatic heterocycles. The van der Waals surface area contributed by atoms with Crippen molar-refractivity contribution in [2.24, 2.45) is 0 Å². The molecular weight excluding hydrogens is 360 g/mol. The van der Waals surface area contributed by atoms with Crippen LogP contribution in [0, 0.1) is 11.6 Å². The molecule has 1 aromatic heterocycles. The number of nitrogens with zero attached hydrogens (tertiary/aromatic N) is 2. The second-order valence-corrected chi connectivity index (χ2v) is 5.58. The lowest BCUT2D eigenvalue weighted by atomic mass is 10.1. The summed E-state index contributed by atoms with van der Waals surface area (Å²) >= 11 is 0. The van der Waals surface area contributed by atoms with Crippen LogP contribution in [0.15, 0.2) is 41.3 Å². The molecule has 140 valence electrons. The van der Waals surface area contributed by atoms with E-state index < -0.39 is 29.6 Å². The highest BCUT2D eigenvalue weighted by Crippen LogP contribution is 2.32. The van der Waals surface area contributed by atoms with Crippen LogP contribution in [0.1, 0.15) is 0 Å². The normalized spacial score (nSPS) is 10.7. The van der Waals surface area contributed by atoms with Gasteiger partial charge >= 0.3 is 0 Å². The number of fused-ring (bicyclic) bond motifs is 1. The predicted molar refractivity (Wildman–Crippen MR) is 94.1 cm³/mol. The first-order valence-electron chi connectivity index (χ1n) is 7.79. The molecule has 0 radical (unpaired) electrons. The minimum atomic E-state index is -0.830. The average molecular weight is 375 g/mol. The zero-order chi connectivity index (χ0) is 19.6. The van der Waals surface area contributed by atoms with E-state index in [4.69, 9.17) is 9.47 Å². The zero-order valence-electron chi connectivity index (χ0n) is 14.5. The number of methoxy groups -OCH3 is 2. The van der Waals surface area contributed by atoms with E-state index in [1.165, 1.54) is 20.4 Å². The Hall–Kier alpha value is -3.49. The Balaban J connectivity index is 1.94. The van der Waals surface area contributed by atoms with Crippen molar-refractivity contribution in [1.29, 1.82) is 0 Å². The molecule has 0 saturated carbocycles. The molecule has 27 heavy (non-hydrogen) atoms. The Morgan fingerprint density at radius 3 is 2.48 bits per heavy atom.